The fraction of sp³-hybridized carbons (Fsp3) is 0.556. The van der Waals surface area contributed by atoms with Crippen LogP contribution in [0.15, 0.2) is 24.3 Å². The largest absolute Gasteiger partial charge is 0.492 e. The van der Waals surface area contributed by atoms with Crippen molar-refractivity contribution < 1.29 is 19.1 Å². The van der Waals surface area contributed by atoms with E-state index in [0.29, 0.717) is 32.8 Å². The Balaban J connectivity index is 1.69. The summed E-state index contributed by atoms with van der Waals surface area (Å²) in [6.07, 6.45) is 1.27. The summed E-state index contributed by atoms with van der Waals surface area (Å²) in [5, 5.41) is 2.88. The Morgan fingerprint density at radius 3 is 2.75 bits per heavy atom. The zero-order chi connectivity index (χ0) is 17.4. The molecule has 0 aromatic heterocycles. The van der Waals surface area contributed by atoms with Gasteiger partial charge in [0.05, 0.1) is 19.1 Å². The third-order valence-electron chi connectivity index (χ3n) is 4.01. The van der Waals surface area contributed by atoms with Gasteiger partial charge in [-0.15, -0.1) is 0 Å². The van der Waals surface area contributed by atoms with E-state index in [4.69, 9.17) is 9.47 Å². The molecule has 0 radical (unpaired) electrons. The molecule has 1 unspecified atom stereocenters. The molecular formula is C18H26N2O4. The number of carbonyl (C=O) groups excluding carboxylic acids is 2. The van der Waals surface area contributed by atoms with Crippen molar-refractivity contribution in [3.05, 3.63) is 29.8 Å². The topological polar surface area (TPSA) is 67.9 Å². The Hall–Kier alpha value is -2.24. The predicted molar refractivity (Wildman–Crippen MR) is 91.0 cm³/mol. The molecule has 1 N–H and O–H groups in total. The summed E-state index contributed by atoms with van der Waals surface area (Å²) < 4.78 is 10.6. The number of amides is 2. The molecule has 0 saturated carbocycles. The van der Waals surface area contributed by atoms with Gasteiger partial charge in [0.1, 0.15) is 12.4 Å². The van der Waals surface area contributed by atoms with E-state index in [1.165, 1.54) is 5.56 Å². The lowest BCUT2D eigenvalue weighted by Crippen LogP contribution is -2.46. The Morgan fingerprint density at radius 1 is 1.29 bits per heavy atom. The van der Waals surface area contributed by atoms with E-state index in [1.54, 1.807) is 11.8 Å². The number of hydrogen-bond donors (Lipinski definition) is 1. The molecule has 0 spiro atoms. The third kappa shape index (κ3) is 5.44. The second kappa shape index (κ2) is 9.15. The number of benzene rings is 1. The molecule has 6 heteroatoms. The van der Waals surface area contributed by atoms with Crippen LogP contribution in [0.1, 0.15) is 25.3 Å². The molecule has 1 aromatic rings. The van der Waals surface area contributed by atoms with Gasteiger partial charge in [-0.3, -0.25) is 4.79 Å². The summed E-state index contributed by atoms with van der Waals surface area (Å²) in [5.41, 5.74) is 1.18. The number of piperidine rings is 1. The molecule has 1 aromatic carbocycles. The fourth-order valence-electron chi connectivity index (χ4n) is 2.69. The lowest BCUT2D eigenvalue weighted by molar-refractivity contribution is -0.126. The first-order chi connectivity index (χ1) is 11.6. The zero-order valence-corrected chi connectivity index (χ0v) is 14.4. The SMILES string of the molecule is CCOC(=O)N1CCCC(C(=O)NCCOc2ccc(C)cc2)C1. The van der Waals surface area contributed by atoms with Crippen molar-refractivity contribution in [1.29, 1.82) is 0 Å². The van der Waals surface area contributed by atoms with E-state index in [2.05, 4.69) is 5.32 Å². The number of rotatable bonds is 6. The molecule has 1 heterocycles. The number of ether oxygens (including phenoxy) is 2. The molecule has 6 nitrogen and oxygen atoms in total. The molecule has 132 valence electrons. The molecule has 1 aliphatic rings. The number of aryl methyl sites for hydroxylation is 1. The molecular weight excluding hydrogens is 308 g/mol. The average Bonchev–Trinajstić information content (AvgIpc) is 2.60. The molecule has 1 atom stereocenters. The van der Waals surface area contributed by atoms with Gasteiger partial charge in [-0.25, -0.2) is 4.79 Å². The minimum absolute atomic E-state index is 0.0310. The Bertz CT molecular complexity index is 544. The summed E-state index contributed by atoms with van der Waals surface area (Å²) in [4.78, 5) is 25.6. The lowest BCUT2D eigenvalue weighted by Gasteiger charge is -2.31. The van der Waals surface area contributed by atoms with Crippen molar-refractivity contribution >= 4 is 12.0 Å². The van der Waals surface area contributed by atoms with Gasteiger partial charge >= 0.3 is 6.09 Å². The van der Waals surface area contributed by atoms with Crippen LogP contribution in [-0.4, -0.2) is 49.7 Å². The van der Waals surface area contributed by atoms with Crippen LogP contribution >= 0.6 is 0 Å². The monoisotopic (exact) mass is 334 g/mol. The smallest absolute Gasteiger partial charge is 0.409 e. The summed E-state index contributed by atoms with van der Waals surface area (Å²) in [6.45, 7) is 6.09. The second-order valence-electron chi connectivity index (χ2n) is 5.94. The first-order valence-electron chi connectivity index (χ1n) is 8.49. The van der Waals surface area contributed by atoms with Gasteiger partial charge in [-0.05, 0) is 38.8 Å². The van der Waals surface area contributed by atoms with E-state index < -0.39 is 0 Å². The molecule has 0 bridgehead atoms. The minimum Gasteiger partial charge on any atom is -0.492 e. The van der Waals surface area contributed by atoms with Gasteiger partial charge in [-0.2, -0.15) is 0 Å². The predicted octanol–water partition coefficient (Wildman–Crippen LogP) is 2.36. The maximum absolute atomic E-state index is 12.2. The molecule has 1 aliphatic heterocycles. The van der Waals surface area contributed by atoms with Gasteiger partial charge in [0.2, 0.25) is 5.91 Å². The maximum atomic E-state index is 12.2. The highest BCUT2D eigenvalue weighted by molar-refractivity contribution is 5.80. The zero-order valence-electron chi connectivity index (χ0n) is 14.4. The third-order valence-corrected chi connectivity index (χ3v) is 4.01. The number of nitrogens with one attached hydrogen (secondary N) is 1. The normalized spacial score (nSPS) is 17.2. The highest BCUT2D eigenvalue weighted by Crippen LogP contribution is 2.17. The van der Waals surface area contributed by atoms with E-state index in [-0.39, 0.29) is 17.9 Å². The molecule has 0 aliphatic carbocycles. The van der Waals surface area contributed by atoms with Crippen molar-refractivity contribution in [3.63, 3.8) is 0 Å². The van der Waals surface area contributed by atoms with Gasteiger partial charge < -0.3 is 19.7 Å². The quantitative estimate of drug-likeness (QED) is 0.811. The molecule has 1 saturated heterocycles. The van der Waals surface area contributed by atoms with Gasteiger partial charge in [0, 0.05) is 13.1 Å². The van der Waals surface area contributed by atoms with E-state index in [0.717, 1.165) is 18.6 Å². The summed E-state index contributed by atoms with van der Waals surface area (Å²) >= 11 is 0. The van der Waals surface area contributed by atoms with Crippen molar-refractivity contribution in [2.24, 2.45) is 5.92 Å². The molecule has 2 amide bonds. The van der Waals surface area contributed by atoms with Crippen LogP contribution in [0.2, 0.25) is 0 Å². The highest BCUT2D eigenvalue weighted by atomic mass is 16.6. The van der Waals surface area contributed by atoms with Crippen LogP contribution in [0, 0.1) is 12.8 Å². The molecule has 24 heavy (non-hydrogen) atoms. The van der Waals surface area contributed by atoms with Crippen molar-refractivity contribution in [3.8, 4) is 5.75 Å². The van der Waals surface area contributed by atoms with Crippen LogP contribution < -0.4 is 10.1 Å². The summed E-state index contributed by atoms with van der Waals surface area (Å²) in [7, 11) is 0. The lowest BCUT2D eigenvalue weighted by atomic mass is 9.97. The van der Waals surface area contributed by atoms with E-state index in [9.17, 15) is 9.59 Å². The van der Waals surface area contributed by atoms with E-state index in [1.807, 2.05) is 31.2 Å². The second-order valence-corrected chi connectivity index (χ2v) is 5.94. The Kier molecular flexibility index (Phi) is 6.90. The molecule has 2 rings (SSSR count). The standard InChI is InChI=1S/C18H26N2O4/c1-3-23-18(22)20-11-4-5-15(13-20)17(21)19-10-12-24-16-8-6-14(2)7-9-16/h6-9,15H,3-5,10-13H2,1-2H3,(H,19,21). The van der Waals surface area contributed by atoms with Crippen molar-refractivity contribution in [2.75, 3.05) is 32.8 Å². The van der Waals surface area contributed by atoms with Crippen LogP contribution in [0.5, 0.6) is 5.75 Å². The fourth-order valence-corrected chi connectivity index (χ4v) is 2.69. The summed E-state index contributed by atoms with van der Waals surface area (Å²) in [5.74, 6) is 0.583. The van der Waals surface area contributed by atoms with Gasteiger partial charge in [-0.1, -0.05) is 17.7 Å². The number of nitrogens with zero attached hydrogens (tertiary/aromatic N) is 1. The minimum atomic E-state index is -0.335. The average molecular weight is 334 g/mol. The first kappa shape index (κ1) is 18.1. The molecule has 1 fully saturated rings. The summed E-state index contributed by atoms with van der Waals surface area (Å²) in [6, 6.07) is 7.80. The maximum Gasteiger partial charge on any atom is 0.409 e. The number of likely N-dealkylation sites (tertiary alicyclic amines) is 1. The van der Waals surface area contributed by atoms with Crippen LogP contribution in [0.25, 0.3) is 0 Å². The van der Waals surface area contributed by atoms with E-state index >= 15 is 0 Å². The van der Waals surface area contributed by atoms with Crippen LogP contribution in [0.3, 0.4) is 0 Å². The van der Waals surface area contributed by atoms with Crippen LogP contribution in [-0.2, 0) is 9.53 Å². The van der Waals surface area contributed by atoms with Crippen LogP contribution in [0.4, 0.5) is 4.79 Å². The first-order valence-corrected chi connectivity index (χ1v) is 8.49. The van der Waals surface area contributed by atoms with Crippen molar-refractivity contribution in [1.82, 2.24) is 10.2 Å². The Labute approximate surface area is 143 Å². The Morgan fingerprint density at radius 2 is 2.04 bits per heavy atom. The van der Waals surface area contributed by atoms with Crippen molar-refractivity contribution in [2.45, 2.75) is 26.7 Å². The van der Waals surface area contributed by atoms with Gasteiger partial charge in [0.25, 0.3) is 0 Å². The number of carbonyl (C=O) groups is 2. The number of hydrogen-bond acceptors (Lipinski definition) is 4. The highest BCUT2D eigenvalue weighted by Gasteiger charge is 2.28. The van der Waals surface area contributed by atoms with Gasteiger partial charge in [0.15, 0.2) is 0 Å².